The Morgan fingerprint density at radius 3 is 2.26 bits per heavy atom. The molecule has 0 atom stereocenters. The van der Waals surface area contributed by atoms with Gasteiger partial charge in [-0.1, -0.05) is 12.1 Å². The maximum absolute atomic E-state index is 12.4. The lowest BCUT2D eigenvalue weighted by atomic mass is 10.1. The minimum Gasteiger partial charge on any atom is -0.357 e. The van der Waals surface area contributed by atoms with E-state index in [1.54, 1.807) is 0 Å². The summed E-state index contributed by atoms with van der Waals surface area (Å²) in [6.45, 7) is 0. The fraction of sp³-hybridized carbons (Fsp3) is 0.154. The highest BCUT2D eigenvalue weighted by molar-refractivity contribution is 6.16. The maximum Gasteiger partial charge on any atom is 0.416 e. The monoisotopic (exact) mass is 287 g/mol. The minimum absolute atomic E-state index is 0.129. The molecule has 0 bridgehead atoms. The second-order valence-corrected chi connectivity index (χ2v) is 4.23. The van der Waals surface area contributed by atoms with E-state index in [-0.39, 0.29) is 11.3 Å². The van der Waals surface area contributed by atoms with Crippen molar-refractivity contribution in [2.75, 3.05) is 0 Å². The molecule has 19 heavy (non-hydrogen) atoms. The molecule has 0 aliphatic heterocycles. The highest BCUT2D eigenvalue weighted by Crippen LogP contribution is 2.30. The van der Waals surface area contributed by atoms with Crippen molar-refractivity contribution in [3.8, 4) is 11.3 Å². The summed E-state index contributed by atoms with van der Waals surface area (Å²) >= 11 is 5.62. The Morgan fingerprint density at radius 2 is 1.74 bits per heavy atom. The first-order valence-electron chi connectivity index (χ1n) is 5.37. The van der Waals surface area contributed by atoms with Crippen LogP contribution in [-0.4, -0.2) is 4.98 Å². The van der Waals surface area contributed by atoms with Gasteiger partial charge in [0, 0.05) is 23.5 Å². The lowest BCUT2D eigenvalue weighted by molar-refractivity contribution is -0.137. The van der Waals surface area contributed by atoms with Gasteiger partial charge in [-0.05, 0) is 17.7 Å². The van der Waals surface area contributed by atoms with Crippen molar-refractivity contribution in [3.05, 3.63) is 57.9 Å². The molecule has 100 valence electrons. The second kappa shape index (κ2) is 5.09. The first kappa shape index (κ1) is 13.7. The topological polar surface area (TPSA) is 32.9 Å². The molecular weight excluding hydrogens is 279 g/mol. The Hall–Kier alpha value is -1.75. The van der Waals surface area contributed by atoms with Gasteiger partial charge < -0.3 is 4.98 Å². The summed E-state index contributed by atoms with van der Waals surface area (Å²) in [7, 11) is 0. The quantitative estimate of drug-likeness (QED) is 0.837. The molecule has 1 heterocycles. The number of benzene rings is 1. The summed E-state index contributed by atoms with van der Waals surface area (Å²) in [4.78, 5) is 14.3. The van der Waals surface area contributed by atoms with E-state index in [4.69, 9.17) is 11.6 Å². The van der Waals surface area contributed by atoms with Gasteiger partial charge in [0.25, 0.3) is 0 Å². The largest absolute Gasteiger partial charge is 0.416 e. The SMILES string of the molecule is O=c1cc(CCl)[nH]c(-c2ccc(C(F)(F)F)cc2)c1. The Bertz CT molecular complexity index is 632. The number of halogens is 4. The van der Waals surface area contributed by atoms with Gasteiger partial charge in [0.05, 0.1) is 11.4 Å². The average Bonchev–Trinajstić information content (AvgIpc) is 2.37. The second-order valence-electron chi connectivity index (χ2n) is 3.96. The normalized spacial score (nSPS) is 11.6. The number of hydrogen-bond donors (Lipinski definition) is 1. The van der Waals surface area contributed by atoms with Gasteiger partial charge in [0.1, 0.15) is 0 Å². The van der Waals surface area contributed by atoms with E-state index in [1.807, 2.05) is 0 Å². The summed E-state index contributed by atoms with van der Waals surface area (Å²) in [6, 6.07) is 7.24. The summed E-state index contributed by atoms with van der Waals surface area (Å²) in [5, 5.41) is 0. The Balaban J connectivity index is 2.43. The van der Waals surface area contributed by atoms with E-state index < -0.39 is 11.7 Å². The molecule has 2 rings (SSSR count). The lowest BCUT2D eigenvalue weighted by Crippen LogP contribution is -2.05. The standard InChI is InChI=1S/C13H9ClF3NO/c14-7-10-5-11(19)6-12(18-10)8-1-3-9(4-2-8)13(15,16)17/h1-6H,7H2,(H,18,19). The molecule has 2 aromatic rings. The Kier molecular flexibility index (Phi) is 3.66. The van der Waals surface area contributed by atoms with Crippen molar-refractivity contribution in [2.45, 2.75) is 12.1 Å². The molecule has 6 heteroatoms. The molecule has 1 N–H and O–H groups in total. The molecule has 0 fully saturated rings. The van der Waals surface area contributed by atoms with Crippen LogP contribution in [0, 0.1) is 0 Å². The smallest absolute Gasteiger partial charge is 0.357 e. The number of alkyl halides is 4. The number of aromatic amines is 1. The first-order valence-corrected chi connectivity index (χ1v) is 5.90. The molecule has 0 saturated carbocycles. The number of rotatable bonds is 2. The fourth-order valence-corrected chi connectivity index (χ4v) is 1.81. The summed E-state index contributed by atoms with van der Waals surface area (Å²) in [6.07, 6.45) is -4.37. The van der Waals surface area contributed by atoms with E-state index in [1.165, 1.54) is 24.3 Å². The number of pyridine rings is 1. The van der Waals surface area contributed by atoms with Crippen molar-refractivity contribution in [3.63, 3.8) is 0 Å². The van der Waals surface area contributed by atoms with Gasteiger partial charge in [0.15, 0.2) is 5.43 Å². The van der Waals surface area contributed by atoms with Gasteiger partial charge in [-0.3, -0.25) is 4.79 Å². The van der Waals surface area contributed by atoms with E-state index in [2.05, 4.69) is 4.98 Å². The predicted molar refractivity (Wildman–Crippen MR) is 67.1 cm³/mol. The molecular formula is C13H9ClF3NO. The molecule has 0 radical (unpaired) electrons. The highest BCUT2D eigenvalue weighted by atomic mass is 35.5. The van der Waals surface area contributed by atoms with Crippen LogP contribution >= 0.6 is 11.6 Å². The van der Waals surface area contributed by atoms with Crippen LogP contribution in [0.15, 0.2) is 41.2 Å². The summed E-state index contributed by atoms with van der Waals surface area (Å²) < 4.78 is 37.3. The molecule has 0 amide bonds. The fourth-order valence-electron chi connectivity index (χ4n) is 1.67. The van der Waals surface area contributed by atoms with Gasteiger partial charge in [-0.2, -0.15) is 13.2 Å². The van der Waals surface area contributed by atoms with Crippen LogP contribution in [-0.2, 0) is 12.1 Å². The van der Waals surface area contributed by atoms with Gasteiger partial charge >= 0.3 is 6.18 Å². The number of aromatic nitrogens is 1. The molecule has 0 aliphatic carbocycles. The third-order valence-corrected chi connectivity index (χ3v) is 2.85. The van der Waals surface area contributed by atoms with Crippen molar-refractivity contribution < 1.29 is 13.2 Å². The van der Waals surface area contributed by atoms with Gasteiger partial charge in [-0.25, -0.2) is 0 Å². The van der Waals surface area contributed by atoms with Crippen molar-refractivity contribution in [1.82, 2.24) is 4.98 Å². The van der Waals surface area contributed by atoms with E-state index in [9.17, 15) is 18.0 Å². The maximum atomic E-state index is 12.4. The minimum atomic E-state index is -4.37. The van der Waals surface area contributed by atoms with E-state index in [0.717, 1.165) is 12.1 Å². The van der Waals surface area contributed by atoms with E-state index in [0.29, 0.717) is 17.0 Å². The highest BCUT2D eigenvalue weighted by Gasteiger charge is 2.29. The lowest BCUT2D eigenvalue weighted by Gasteiger charge is -2.08. The third-order valence-electron chi connectivity index (χ3n) is 2.57. The molecule has 0 unspecified atom stereocenters. The first-order chi connectivity index (χ1) is 8.90. The molecule has 0 saturated heterocycles. The molecule has 1 aromatic carbocycles. The van der Waals surface area contributed by atoms with Crippen molar-refractivity contribution in [1.29, 1.82) is 0 Å². The Morgan fingerprint density at radius 1 is 1.11 bits per heavy atom. The molecule has 2 nitrogen and oxygen atoms in total. The number of nitrogens with one attached hydrogen (secondary N) is 1. The zero-order valence-electron chi connectivity index (χ0n) is 9.59. The van der Waals surface area contributed by atoms with Crippen LogP contribution in [0.3, 0.4) is 0 Å². The van der Waals surface area contributed by atoms with Crippen LogP contribution in [0.1, 0.15) is 11.3 Å². The van der Waals surface area contributed by atoms with E-state index >= 15 is 0 Å². The number of H-pyrrole nitrogens is 1. The van der Waals surface area contributed by atoms with Crippen molar-refractivity contribution in [2.24, 2.45) is 0 Å². The van der Waals surface area contributed by atoms with Crippen LogP contribution in [0.2, 0.25) is 0 Å². The molecule has 0 aliphatic rings. The average molecular weight is 288 g/mol. The zero-order chi connectivity index (χ0) is 14.0. The molecule has 1 aromatic heterocycles. The molecule has 0 spiro atoms. The zero-order valence-corrected chi connectivity index (χ0v) is 10.3. The summed E-state index contributed by atoms with van der Waals surface area (Å²) in [5.41, 5.74) is 0.481. The van der Waals surface area contributed by atoms with Crippen molar-refractivity contribution >= 4 is 11.6 Å². The summed E-state index contributed by atoms with van der Waals surface area (Å²) in [5.74, 6) is 0.129. The Labute approximate surface area is 111 Å². The number of hydrogen-bond acceptors (Lipinski definition) is 1. The van der Waals surface area contributed by atoms with Crippen LogP contribution in [0.5, 0.6) is 0 Å². The van der Waals surface area contributed by atoms with Gasteiger partial charge in [-0.15, -0.1) is 11.6 Å². The van der Waals surface area contributed by atoms with Crippen LogP contribution in [0.4, 0.5) is 13.2 Å². The van der Waals surface area contributed by atoms with Crippen LogP contribution < -0.4 is 5.43 Å². The predicted octanol–water partition coefficient (Wildman–Crippen LogP) is 3.80. The third kappa shape index (κ3) is 3.17. The van der Waals surface area contributed by atoms with Gasteiger partial charge in [0.2, 0.25) is 0 Å². The van der Waals surface area contributed by atoms with Crippen LogP contribution in [0.25, 0.3) is 11.3 Å².